The van der Waals surface area contributed by atoms with Gasteiger partial charge < -0.3 is 8.83 Å². The van der Waals surface area contributed by atoms with E-state index in [9.17, 15) is 0 Å². The first-order chi connectivity index (χ1) is 9.38. The first kappa shape index (κ1) is 10.1. The van der Waals surface area contributed by atoms with Crippen LogP contribution < -0.4 is 5.32 Å². The van der Waals surface area contributed by atoms with E-state index in [0.29, 0.717) is 12.0 Å². The lowest BCUT2D eigenvalue weighted by Gasteiger charge is -1.91. The SMILES string of the molecule is c1ccc2oc(Nc3nc4ccccc4o3)nc2c1. The minimum absolute atomic E-state index is 0.368. The smallest absolute Gasteiger partial charge is 0.303 e. The van der Waals surface area contributed by atoms with Gasteiger partial charge in [0.25, 0.3) is 0 Å². The number of hydrogen-bond donors (Lipinski definition) is 1. The molecule has 0 aliphatic heterocycles. The van der Waals surface area contributed by atoms with Crippen LogP contribution in [0, 0.1) is 0 Å². The Labute approximate surface area is 107 Å². The molecule has 0 aliphatic carbocycles. The fourth-order valence-corrected chi connectivity index (χ4v) is 1.94. The van der Waals surface area contributed by atoms with Gasteiger partial charge in [-0.05, 0) is 24.3 Å². The second-order valence-electron chi connectivity index (χ2n) is 4.10. The summed E-state index contributed by atoms with van der Waals surface area (Å²) in [6.45, 7) is 0. The maximum Gasteiger partial charge on any atom is 0.303 e. The van der Waals surface area contributed by atoms with Crippen LogP contribution in [0.15, 0.2) is 57.4 Å². The van der Waals surface area contributed by atoms with E-state index < -0.39 is 0 Å². The zero-order chi connectivity index (χ0) is 12.7. The molecule has 0 atom stereocenters. The second-order valence-corrected chi connectivity index (χ2v) is 4.10. The van der Waals surface area contributed by atoms with Crippen LogP contribution in [-0.4, -0.2) is 9.97 Å². The van der Waals surface area contributed by atoms with Crippen molar-refractivity contribution < 1.29 is 8.83 Å². The third kappa shape index (κ3) is 1.72. The Hall–Kier alpha value is -2.82. The summed E-state index contributed by atoms with van der Waals surface area (Å²) in [5, 5.41) is 2.93. The number of para-hydroxylation sites is 4. The summed E-state index contributed by atoms with van der Waals surface area (Å²) in [6.07, 6.45) is 0. The maximum absolute atomic E-state index is 5.55. The zero-order valence-electron chi connectivity index (χ0n) is 9.83. The predicted molar refractivity (Wildman–Crippen MR) is 71.3 cm³/mol. The molecule has 5 nitrogen and oxygen atoms in total. The highest BCUT2D eigenvalue weighted by atomic mass is 16.4. The number of oxazole rings is 2. The Morgan fingerprint density at radius 3 is 1.63 bits per heavy atom. The van der Waals surface area contributed by atoms with Crippen LogP contribution in [0.5, 0.6) is 0 Å². The van der Waals surface area contributed by atoms with Gasteiger partial charge in [-0.3, -0.25) is 5.32 Å². The van der Waals surface area contributed by atoms with Gasteiger partial charge in [0.15, 0.2) is 11.2 Å². The molecule has 1 N–H and O–H groups in total. The van der Waals surface area contributed by atoms with Crippen molar-refractivity contribution in [3.63, 3.8) is 0 Å². The average molecular weight is 251 g/mol. The van der Waals surface area contributed by atoms with Crippen molar-refractivity contribution in [1.82, 2.24) is 9.97 Å². The molecular weight excluding hydrogens is 242 g/mol. The molecule has 0 bridgehead atoms. The van der Waals surface area contributed by atoms with Crippen LogP contribution in [0.25, 0.3) is 22.2 Å². The number of rotatable bonds is 2. The third-order valence-corrected chi connectivity index (χ3v) is 2.80. The summed E-state index contributed by atoms with van der Waals surface area (Å²) in [4.78, 5) is 8.60. The second kappa shape index (κ2) is 3.84. The summed E-state index contributed by atoms with van der Waals surface area (Å²) in [5.74, 6) is 0. The van der Waals surface area contributed by atoms with Crippen LogP contribution >= 0.6 is 0 Å². The molecule has 0 unspecified atom stereocenters. The van der Waals surface area contributed by atoms with Gasteiger partial charge >= 0.3 is 12.0 Å². The highest BCUT2D eigenvalue weighted by Crippen LogP contribution is 2.24. The van der Waals surface area contributed by atoms with Crippen molar-refractivity contribution in [3.8, 4) is 0 Å². The first-order valence-corrected chi connectivity index (χ1v) is 5.87. The molecule has 0 radical (unpaired) electrons. The summed E-state index contributed by atoms with van der Waals surface area (Å²) in [7, 11) is 0. The Morgan fingerprint density at radius 1 is 0.684 bits per heavy atom. The highest BCUT2D eigenvalue weighted by molar-refractivity contribution is 5.76. The predicted octanol–water partition coefficient (Wildman–Crippen LogP) is 3.71. The molecule has 4 aromatic rings. The van der Waals surface area contributed by atoms with Gasteiger partial charge in [-0.25, -0.2) is 0 Å². The minimum Gasteiger partial charge on any atom is -0.423 e. The molecule has 19 heavy (non-hydrogen) atoms. The van der Waals surface area contributed by atoms with Gasteiger partial charge in [-0.15, -0.1) is 0 Å². The Kier molecular flexibility index (Phi) is 2.05. The molecule has 0 amide bonds. The van der Waals surface area contributed by atoms with E-state index in [2.05, 4.69) is 15.3 Å². The van der Waals surface area contributed by atoms with Gasteiger partial charge in [0.1, 0.15) is 11.0 Å². The molecule has 0 saturated heterocycles. The van der Waals surface area contributed by atoms with E-state index in [1.165, 1.54) is 0 Å². The van der Waals surface area contributed by atoms with Crippen molar-refractivity contribution >= 4 is 34.2 Å². The lowest BCUT2D eigenvalue weighted by Crippen LogP contribution is -1.89. The van der Waals surface area contributed by atoms with Gasteiger partial charge in [0.05, 0.1) is 0 Å². The van der Waals surface area contributed by atoms with E-state index >= 15 is 0 Å². The van der Waals surface area contributed by atoms with Crippen LogP contribution in [0.4, 0.5) is 12.0 Å². The summed E-state index contributed by atoms with van der Waals surface area (Å²) in [5.41, 5.74) is 3.03. The third-order valence-electron chi connectivity index (χ3n) is 2.80. The minimum atomic E-state index is 0.368. The molecule has 2 heterocycles. The molecule has 0 saturated carbocycles. The van der Waals surface area contributed by atoms with Gasteiger partial charge in [-0.2, -0.15) is 9.97 Å². The standard InChI is InChI=1S/C14H9N3O2/c1-3-7-11-9(5-1)15-13(18-11)17-14-16-10-6-2-4-8-12(10)19-14/h1-8H,(H,15,16,17). The van der Waals surface area contributed by atoms with Crippen molar-refractivity contribution in [1.29, 1.82) is 0 Å². The normalized spacial score (nSPS) is 11.2. The highest BCUT2D eigenvalue weighted by Gasteiger charge is 2.09. The Balaban J connectivity index is 1.73. The molecule has 0 spiro atoms. The van der Waals surface area contributed by atoms with Gasteiger partial charge in [-0.1, -0.05) is 24.3 Å². The number of anilines is 2. The molecule has 5 heteroatoms. The van der Waals surface area contributed by atoms with E-state index in [-0.39, 0.29) is 0 Å². The number of benzene rings is 2. The molecular formula is C14H9N3O2. The van der Waals surface area contributed by atoms with Crippen molar-refractivity contribution in [3.05, 3.63) is 48.5 Å². The number of aromatic nitrogens is 2. The lowest BCUT2D eigenvalue weighted by atomic mass is 10.3. The number of hydrogen-bond acceptors (Lipinski definition) is 5. The van der Waals surface area contributed by atoms with Crippen LogP contribution in [0.1, 0.15) is 0 Å². The van der Waals surface area contributed by atoms with Crippen LogP contribution in [0.3, 0.4) is 0 Å². The van der Waals surface area contributed by atoms with Crippen molar-refractivity contribution in [2.75, 3.05) is 5.32 Å². The van der Waals surface area contributed by atoms with Crippen molar-refractivity contribution in [2.24, 2.45) is 0 Å². The topological polar surface area (TPSA) is 64.1 Å². The number of fused-ring (bicyclic) bond motifs is 2. The summed E-state index contributed by atoms with van der Waals surface area (Å²) in [6, 6.07) is 15.8. The molecule has 92 valence electrons. The molecule has 0 aliphatic rings. The first-order valence-electron chi connectivity index (χ1n) is 5.87. The monoisotopic (exact) mass is 251 g/mol. The van der Waals surface area contributed by atoms with Crippen molar-refractivity contribution in [2.45, 2.75) is 0 Å². The van der Waals surface area contributed by atoms with Gasteiger partial charge in [0, 0.05) is 0 Å². The molecule has 2 aromatic carbocycles. The number of nitrogens with zero attached hydrogens (tertiary/aromatic N) is 2. The molecule has 0 fully saturated rings. The largest absolute Gasteiger partial charge is 0.423 e. The van der Waals surface area contributed by atoms with E-state index in [1.807, 2.05) is 48.5 Å². The van der Waals surface area contributed by atoms with E-state index in [0.717, 1.165) is 22.2 Å². The molecule has 4 rings (SSSR count). The van der Waals surface area contributed by atoms with Crippen LogP contribution in [0.2, 0.25) is 0 Å². The van der Waals surface area contributed by atoms with Gasteiger partial charge in [0.2, 0.25) is 0 Å². The van der Waals surface area contributed by atoms with Crippen LogP contribution in [-0.2, 0) is 0 Å². The molecule has 2 aromatic heterocycles. The van der Waals surface area contributed by atoms with E-state index in [1.54, 1.807) is 0 Å². The summed E-state index contributed by atoms with van der Waals surface area (Å²) >= 11 is 0. The van der Waals surface area contributed by atoms with E-state index in [4.69, 9.17) is 8.83 Å². The lowest BCUT2D eigenvalue weighted by molar-refractivity contribution is 0.591. The number of nitrogens with one attached hydrogen (secondary N) is 1. The zero-order valence-corrected chi connectivity index (χ0v) is 9.83. The fourth-order valence-electron chi connectivity index (χ4n) is 1.94. The average Bonchev–Trinajstić information content (AvgIpc) is 3.00. The Bertz CT molecular complexity index is 725. The quantitative estimate of drug-likeness (QED) is 0.588. The maximum atomic E-state index is 5.55. The Morgan fingerprint density at radius 2 is 1.16 bits per heavy atom. The summed E-state index contributed by atoms with van der Waals surface area (Å²) < 4.78 is 11.1. The fraction of sp³-hybridized carbons (Fsp3) is 0.